The lowest BCUT2D eigenvalue weighted by Gasteiger charge is -2.36. The van der Waals surface area contributed by atoms with Crippen molar-refractivity contribution in [3.8, 4) is 0 Å². The highest BCUT2D eigenvalue weighted by Crippen LogP contribution is 2.34. The van der Waals surface area contributed by atoms with Gasteiger partial charge in [0.15, 0.2) is 0 Å². The number of carbonyl (C=O) groups is 1. The number of aromatic nitrogens is 1. The number of amides is 1. The first kappa shape index (κ1) is 13.8. The van der Waals surface area contributed by atoms with Gasteiger partial charge in [-0.15, -0.1) is 0 Å². The third-order valence-corrected chi connectivity index (χ3v) is 4.16. The molecule has 0 radical (unpaired) electrons. The van der Waals surface area contributed by atoms with Gasteiger partial charge in [0.05, 0.1) is 5.41 Å². The Labute approximate surface area is 124 Å². The first-order valence-corrected chi connectivity index (χ1v) is 7.29. The molecular formula is C17H19N3O. The molecule has 0 spiro atoms. The molecule has 108 valence electrons. The quantitative estimate of drug-likeness (QED) is 0.908. The van der Waals surface area contributed by atoms with Crippen LogP contribution in [0.15, 0.2) is 54.9 Å². The molecule has 2 heterocycles. The number of hydrogen-bond acceptors (Lipinski definition) is 3. The zero-order chi connectivity index (χ0) is 14.5. The van der Waals surface area contributed by atoms with Gasteiger partial charge in [-0.25, -0.2) is 0 Å². The van der Waals surface area contributed by atoms with E-state index in [0.717, 1.165) is 37.2 Å². The minimum Gasteiger partial charge on any atom is -0.325 e. The van der Waals surface area contributed by atoms with Crippen molar-refractivity contribution < 1.29 is 4.79 Å². The molecule has 0 aliphatic carbocycles. The first-order valence-electron chi connectivity index (χ1n) is 7.29. The zero-order valence-corrected chi connectivity index (χ0v) is 11.9. The average Bonchev–Trinajstić information content (AvgIpc) is 2.57. The fourth-order valence-corrected chi connectivity index (χ4v) is 2.94. The van der Waals surface area contributed by atoms with Crippen molar-refractivity contribution in [3.05, 3.63) is 60.4 Å². The molecule has 21 heavy (non-hydrogen) atoms. The summed E-state index contributed by atoms with van der Waals surface area (Å²) in [6, 6.07) is 13.7. The lowest BCUT2D eigenvalue weighted by Crippen LogP contribution is -2.48. The van der Waals surface area contributed by atoms with Crippen LogP contribution in [0.25, 0.3) is 0 Å². The Morgan fingerprint density at radius 1 is 1.05 bits per heavy atom. The summed E-state index contributed by atoms with van der Waals surface area (Å²) >= 11 is 0. The van der Waals surface area contributed by atoms with E-state index in [1.54, 1.807) is 12.4 Å². The molecule has 1 fully saturated rings. The molecule has 0 bridgehead atoms. The third-order valence-electron chi connectivity index (χ3n) is 4.16. The number of anilines is 1. The lowest BCUT2D eigenvalue weighted by molar-refractivity contribution is -0.122. The Kier molecular flexibility index (Phi) is 3.97. The largest absolute Gasteiger partial charge is 0.325 e. The van der Waals surface area contributed by atoms with Crippen LogP contribution in [0.3, 0.4) is 0 Å². The van der Waals surface area contributed by atoms with Gasteiger partial charge in [0.2, 0.25) is 5.91 Å². The zero-order valence-electron chi connectivity index (χ0n) is 11.9. The van der Waals surface area contributed by atoms with Gasteiger partial charge in [-0.2, -0.15) is 0 Å². The topological polar surface area (TPSA) is 54.0 Å². The molecule has 2 N–H and O–H groups in total. The number of piperidine rings is 1. The highest BCUT2D eigenvalue weighted by atomic mass is 16.2. The standard InChI is InChI=1S/C17H19N3O/c21-16(20-15-6-10-18-11-7-15)17(8-12-19-13-9-17)14-4-2-1-3-5-14/h1-7,10-11,19H,8-9,12-13H2,(H,18,20,21). The summed E-state index contributed by atoms with van der Waals surface area (Å²) in [6.45, 7) is 1.72. The van der Waals surface area contributed by atoms with Gasteiger partial charge in [-0.3, -0.25) is 9.78 Å². The number of nitrogens with zero attached hydrogens (tertiary/aromatic N) is 1. The molecule has 1 aliphatic rings. The van der Waals surface area contributed by atoms with Gasteiger partial charge in [0.1, 0.15) is 0 Å². The average molecular weight is 281 g/mol. The summed E-state index contributed by atoms with van der Waals surface area (Å²) in [7, 11) is 0. The van der Waals surface area contributed by atoms with Crippen LogP contribution >= 0.6 is 0 Å². The maximum absolute atomic E-state index is 12.9. The van der Waals surface area contributed by atoms with Gasteiger partial charge in [-0.1, -0.05) is 30.3 Å². The van der Waals surface area contributed by atoms with Crippen LogP contribution in [0, 0.1) is 0 Å². The Hall–Kier alpha value is -2.20. The lowest BCUT2D eigenvalue weighted by atomic mass is 9.72. The van der Waals surface area contributed by atoms with Gasteiger partial charge in [-0.05, 0) is 43.6 Å². The van der Waals surface area contributed by atoms with Crippen molar-refractivity contribution in [2.75, 3.05) is 18.4 Å². The number of carbonyl (C=O) groups excluding carboxylic acids is 1. The van der Waals surface area contributed by atoms with Crippen molar-refractivity contribution in [3.63, 3.8) is 0 Å². The summed E-state index contributed by atoms with van der Waals surface area (Å²) in [5.41, 5.74) is 1.44. The number of benzene rings is 1. The van der Waals surface area contributed by atoms with Gasteiger partial charge >= 0.3 is 0 Å². The summed E-state index contributed by atoms with van der Waals surface area (Å²) < 4.78 is 0. The molecule has 4 nitrogen and oxygen atoms in total. The maximum atomic E-state index is 12.9. The van der Waals surface area contributed by atoms with Crippen molar-refractivity contribution >= 4 is 11.6 Å². The van der Waals surface area contributed by atoms with Gasteiger partial charge < -0.3 is 10.6 Å². The second kappa shape index (κ2) is 6.06. The maximum Gasteiger partial charge on any atom is 0.235 e. The van der Waals surface area contributed by atoms with Crippen LogP contribution in [0.5, 0.6) is 0 Å². The summed E-state index contributed by atoms with van der Waals surface area (Å²) in [5, 5.41) is 6.38. The fourth-order valence-electron chi connectivity index (χ4n) is 2.94. The van der Waals surface area contributed by atoms with Crippen LogP contribution in [-0.4, -0.2) is 24.0 Å². The van der Waals surface area contributed by atoms with Crippen LogP contribution in [0.1, 0.15) is 18.4 Å². The molecule has 4 heteroatoms. The van der Waals surface area contributed by atoms with E-state index in [1.165, 1.54) is 0 Å². The molecule has 1 aromatic carbocycles. The molecule has 0 atom stereocenters. The van der Waals surface area contributed by atoms with Crippen LogP contribution < -0.4 is 10.6 Å². The van der Waals surface area contributed by atoms with Gasteiger partial charge in [0.25, 0.3) is 0 Å². The third kappa shape index (κ3) is 2.81. The SMILES string of the molecule is O=C(Nc1ccncc1)C1(c2ccccc2)CCNCC1. The Morgan fingerprint density at radius 3 is 2.38 bits per heavy atom. The molecular weight excluding hydrogens is 262 g/mol. The van der Waals surface area contributed by atoms with E-state index in [-0.39, 0.29) is 5.91 Å². The smallest absolute Gasteiger partial charge is 0.235 e. The molecule has 1 aromatic heterocycles. The number of hydrogen-bond donors (Lipinski definition) is 2. The molecule has 0 unspecified atom stereocenters. The molecule has 2 aromatic rings. The van der Waals surface area contributed by atoms with E-state index >= 15 is 0 Å². The van der Waals surface area contributed by atoms with Crippen molar-refractivity contribution in [2.24, 2.45) is 0 Å². The van der Waals surface area contributed by atoms with E-state index in [4.69, 9.17) is 0 Å². The van der Waals surface area contributed by atoms with Crippen molar-refractivity contribution in [1.29, 1.82) is 0 Å². The highest BCUT2D eigenvalue weighted by molar-refractivity contribution is 5.99. The van der Waals surface area contributed by atoms with Crippen LogP contribution in [-0.2, 0) is 10.2 Å². The van der Waals surface area contributed by atoms with E-state index in [9.17, 15) is 4.79 Å². The molecule has 1 amide bonds. The monoisotopic (exact) mass is 281 g/mol. The second-order valence-corrected chi connectivity index (χ2v) is 5.39. The van der Waals surface area contributed by atoms with Crippen LogP contribution in [0.4, 0.5) is 5.69 Å². The fraction of sp³-hybridized carbons (Fsp3) is 0.294. The predicted octanol–water partition coefficient (Wildman–Crippen LogP) is 2.34. The Bertz CT molecular complexity index is 592. The molecule has 1 aliphatic heterocycles. The van der Waals surface area contributed by atoms with Crippen LogP contribution in [0.2, 0.25) is 0 Å². The number of pyridine rings is 1. The van der Waals surface area contributed by atoms with E-state index in [1.807, 2.05) is 30.3 Å². The normalized spacial score (nSPS) is 17.1. The molecule has 1 saturated heterocycles. The minimum absolute atomic E-state index is 0.0707. The van der Waals surface area contributed by atoms with Crippen molar-refractivity contribution in [1.82, 2.24) is 10.3 Å². The van der Waals surface area contributed by atoms with E-state index in [2.05, 4.69) is 27.8 Å². The summed E-state index contributed by atoms with van der Waals surface area (Å²) in [6.07, 6.45) is 5.00. The molecule has 0 saturated carbocycles. The number of rotatable bonds is 3. The molecule has 3 rings (SSSR count). The van der Waals surface area contributed by atoms with Gasteiger partial charge in [0, 0.05) is 18.1 Å². The Balaban J connectivity index is 1.90. The first-order chi connectivity index (χ1) is 10.3. The highest BCUT2D eigenvalue weighted by Gasteiger charge is 2.41. The number of nitrogens with one attached hydrogen (secondary N) is 2. The predicted molar refractivity (Wildman–Crippen MR) is 83.1 cm³/mol. The summed E-state index contributed by atoms with van der Waals surface area (Å²) in [5.74, 6) is 0.0707. The van der Waals surface area contributed by atoms with E-state index in [0.29, 0.717) is 0 Å². The second-order valence-electron chi connectivity index (χ2n) is 5.39. The minimum atomic E-state index is -0.449. The summed E-state index contributed by atoms with van der Waals surface area (Å²) in [4.78, 5) is 16.9. The van der Waals surface area contributed by atoms with Crippen molar-refractivity contribution in [2.45, 2.75) is 18.3 Å². The van der Waals surface area contributed by atoms with E-state index < -0.39 is 5.41 Å². The Morgan fingerprint density at radius 2 is 1.71 bits per heavy atom.